The summed E-state index contributed by atoms with van der Waals surface area (Å²) in [7, 11) is 3.70. The lowest BCUT2D eigenvalue weighted by Gasteiger charge is -2.39. The van der Waals surface area contributed by atoms with Gasteiger partial charge in [0, 0.05) is 51.0 Å². The number of carbonyl (C=O) groups excluding carboxylic acids is 1. The number of hydrogen-bond acceptors (Lipinski definition) is 4. The molecule has 2 atom stereocenters. The average molecular weight is 343 g/mol. The molecule has 0 radical (unpaired) electrons. The van der Waals surface area contributed by atoms with Crippen LogP contribution in [0.15, 0.2) is 24.3 Å². The molecule has 1 aromatic carbocycles. The number of fused-ring (bicyclic) bond motifs is 4. The van der Waals surface area contributed by atoms with Crippen LogP contribution in [0.5, 0.6) is 5.75 Å². The van der Waals surface area contributed by atoms with E-state index in [4.69, 9.17) is 4.74 Å². The van der Waals surface area contributed by atoms with E-state index >= 15 is 0 Å². The molecule has 1 amide bonds. The number of ether oxygens (including phenoxy) is 1. The van der Waals surface area contributed by atoms with Gasteiger partial charge in [-0.3, -0.25) is 9.69 Å². The number of nitrogens with zero attached hydrogens (tertiary/aromatic N) is 3. The molecule has 0 spiro atoms. The van der Waals surface area contributed by atoms with E-state index in [2.05, 4.69) is 21.9 Å². The predicted octanol–water partition coefficient (Wildman–Crippen LogP) is 2.22. The summed E-state index contributed by atoms with van der Waals surface area (Å²) >= 11 is 0. The van der Waals surface area contributed by atoms with Crippen LogP contribution >= 0.6 is 0 Å². The molecule has 5 rings (SSSR count). The maximum Gasteiger partial charge on any atom is 0.227 e. The van der Waals surface area contributed by atoms with Crippen molar-refractivity contribution in [2.75, 3.05) is 45.2 Å². The average Bonchev–Trinajstić information content (AvgIpc) is 2.95. The summed E-state index contributed by atoms with van der Waals surface area (Å²) < 4.78 is 5.25. The first-order valence-electron chi connectivity index (χ1n) is 9.55. The van der Waals surface area contributed by atoms with Crippen molar-refractivity contribution in [2.24, 2.45) is 5.92 Å². The number of carbonyl (C=O) groups is 1. The quantitative estimate of drug-likeness (QED) is 0.843. The van der Waals surface area contributed by atoms with Crippen LogP contribution in [-0.4, -0.2) is 68.1 Å². The number of methoxy groups -OCH3 is 1. The Bertz CT molecular complexity index is 610. The minimum absolute atomic E-state index is 0.225. The number of piperidine rings is 2. The van der Waals surface area contributed by atoms with Crippen molar-refractivity contribution in [2.45, 2.75) is 37.8 Å². The number of benzene rings is 1. The van der Waals surface area contributed by atoms with Crippen LogP contribution in [0.4, 0.5) is 5.69 Å². The van der Waals surface area contributed by atoms with E-state index < -0.39 is 0 Å². The third-order valence-corrected chi connectivity index (χ3v) is 6.41. The number of anilines is 1. The molecule has 2 bridgehead atoms. The highest BCUT2D eigenvalue weighted by molar-refractivity contribution is 5.80. The Balaban J connectivity index is 1.38. The molecule has 5 heteroatoms. The Labute approximate surface area is 150 Å². The van der Waals surface area contributed by atoms with Gasteiger partial charge in [0.05, 0.1) is 13.0 Å². The molecule has 0 aromatic heterocycles. The largest absolute Gasteiger partial charge is 0.497 e. The molecular formula is C20H29N3O2. The van der Waals surface area contributed by atoms with E-state index in [9.17, 15) is 4.79 Å². The molecular weight excluding hydrogens is 314 g/mol. The van der Waals surface area contributed by atoms with E-state index in [0.29, 0.717) is 18.0 Å². The lowest BCUT2D eigenvalue weighted by molar-refractivity contribution is -0.138. The van der Waals surface area contributed by atoms with Crippen LogP contribution in [0.2, 0.25) is 0 Å². The van der Waals surface area contributed by atoms with Crippen molar-refractivity contribution in [1.29, 1.82) is 0 Å². The summed E-state index contributed by atoms with van der Waals surface area (Å²) in [6.45, 7) is 4.21. The zero-order chi connectivity index (χ0) is 17.4. The van der Waals surface area contributed by atoms with Crippen LogP contribution in [0.1, 0.15) is 25.7 Å². The molecule has 4 aliphatic heterocycles. The van der Waals surface area contributed by atoms with Crippen LogP contribution in [0.25, 0.3) is 0 Å². The maximum atomic E-state index is 12.4. The van der Waals surface area contributed by atoms with E-state index in [1.165, 1.54) is 24.9 Å². The van der Waals surface area contributed by atoms with Gasteiger partial charge in [-0.1, -0.05) is 0 Å². The molecule has 0 saturated carbocycles. The Morgan fingerprint density at radius 2 is 1.68 bits per heavy atom. The Morgan fingerprint density at radius 1 is 0.960 bits per heavy atom. The molecule has 136 valence electrons. The van der Waals surface area contributed by atoms with E-state index in [1.54, 1.807) is 7.11 Å². The zero-order valence-electron chi connectivity index (χ0n) is 15.4. The molecule has 4 heterocycles. The molecule has 5 nitrogen and oxygen atoms in total. The summed E-state index contributed by atoms with van der Waals surface area (Å²) in [6.07, 6.45) is 4.62. The molecule has 4 aliphatic rings. The summed E-state index contributed by atoms with van der Waals surface area (Å²) in [6, 6.07) is 9.42. The number of likely N-dealkylation sites (N-methyl/N-ethyl adjacent to an activating group) is 1. The Morgan fingerprint density at radius 3 is 2.36 bits per heavy atom. The second-order valence-corrected chi connectivity index (χ2v) is 7.75. The van der Waals surface area contributed by atoms with Gasteiger partial charge in [-0.15, -0.1) is 0 Å². The smallest absolute Gasteiger partial charge is 0.227 e. The molecule has 4 saturated heterocycles. The fourth-order valence-electron chi connectivity index (χ4n) is 4.77. The van der Waals surface area contributed by atoms with Gasteiger partial charge in [-0.2, -0.15) is 0 Å². The van der Waals surface area contributed by atoms with Gasteiger partial charge in [0.15, 0.2) is 0 Å². The highest BCUT2D eigenvalue weighted by Gasteiger charge is 2.40. The third-order valence-electron chi connectivity index (χ3n) is 6.41. The Hall–Kier alpha value is -1.75. The van der Waals surface area contributed by atoms with Gasteiger partial charge >= 0.3 is 0 Å². The molecule has 0 N–H and O–H groups in total. The van der Waals surface area contributed by atoms with Crippen LogP contribution in [0.3, 0.4) is 0 Å². The van der Waals surface area contributed by atoms with Crippen molar-refractivity contribution in [3.63, 3.8) is 0 Å². The van der Waals surface area contributed by atoms with E-state index in [-0.39, 0.29) is 5.92 Å². The standard InChI is InChI=1S/C20H29N3O2/c1-21-18-4-3-15(20(21)24)13-23(14-18)17-9-11-22(12-10-17)16-5-7-19(25-2)8-6-16/h5-8,15,17-18H,3-4,9-14H2,1-2H3/t15-,18+/m1/s1. The second kappa shape index (κ2) is 6.87. The van der Waals surface area contributed by atoms with Gasteiger partial charge in [-0.05, 0) is 49.9 Å². The van der Waals surface area contributed by atoms with Crippen LogP contribution in [0, 0.1) is 5.92 Å². The maximum absolute atomic E-state index is 12.4. The van der Waals surface area contributed by atoms with E-state index in [0.717, 1.165) is 38.3 Å². The molecule has 0 aliphatic carbocycles. The first-order valence-corrected chi connectivity index (χ1v) is 9.55. The van der Waals surface area contributed by atoms with Crippen molar-refractivity contribution in [3.05, 3.63) is 24.3 Å². The highest BCUT2D eigenvalue weighted by atomic mass is 16.5. The lowest BCUT2D eigenvalue weighted by atomic mass is 9.95. The van der Waals surface area contributed by atoms with Crippen molar-refractivity contribution >= 4 is 11.6 Å². The van der Waals surface area contributed by atoms with Crippen molar-refractivity contribution < 1.29 is 9.53 Å². The fourth-order valence-corrected chi connectivity index (χ4v) is 4.77. The van der Waals surface area contributed by atoms with Crippen LogP contribution < -0.4 is 9.64 Å². The molecule has 4 fully saturated rings. The second-order valence-electron chi connectivity index (χ2n) is 7.75. The molecule has 25 heavy (non-hydrogen) atoms. The van der Waals surface area contributed by atoms with Gasteiger partial charge in [0.25, 0.3) is 0 Å². The van der Waals surface area contributed by atoms with Crippen molar-refractivity contribution in [1.82, 2.24) is 9.80 Å². The lowest BCUT2D eigenvalue weighted by Crippen LogP contribution is -2.48. The predicted molar refractivity (Wildman–Crippen MR) is 99.1 cm³/mol. The van der Waals surface area contributed by atoms with Crippen LogP contribution in [-0.2, 0) is 4.79 Å². The first-order chi connectivity index (χ1) is 12.2. The summed E-state index contributed by atoms with van der Waals surface area (Å²) in [4.78, 5) is 19.5. The fraction of sp³-hybridized carbons (Fsp3) is 0.650. The summed E-state index contributed by atoms with van der Waals surface area (Å²) in [5, 5.41) is 0. The first kappa shape index (κ1) is 16.7. The SMILES string of the molecule is COc1ccc(N2CCC(N3C[C@H]4CC[C@@H](C3)N(C)C4=O)CC2)cc1. The third kappa shape index (κ3) is 3.22. The topological polar surface area (TPSA) is 36.0 Å². The Kier molecular flexibility index (Phi) is 4.59. The van der Waals surface area contributed by atoms with Gasteiger partial charge in [0.2, 0.25) is 5.91 Å². The monoisotopic (exact) mass is 343 g/mol. The molecule has 1 aromatic rings. The van der Waals surface area contributed by atoms with Gasteiger partial charge < -0.3 is 14.5 Å². The normalized spacial score (nSPS) is 28.3. The van der Waals surface area contributed by atoms with Gasteiger partial charge in [-0.25, -0.2) is 0 Å². The number of hydrogen-bond donors (Lipinski definition) is 0. The highest BCUT2D eigenvalue weighted by Crippen LogP contribution is 2.31. The molecule has 0 unspecified atom stereocenters. The summed E-state index contributed by atoms with van der Waals surface area (Å²) in [5.41, 5.74) is 1.28. The van der Waals surface area contributed by atoms with E-state index in [1.807, 2.05) is 24.1 Å². The minimum atomic E-state index is 0.225. The number of amides is 1. The van der Waals surface area contributed by atoms with Gasteiger partial charge in [0.1, 0.15) is 5.75 Å². The summed E-state index contributed by atoms with van der Waals surface area (Å²) in [5.74, 6) is 1.50. The number of rotatable bonds is 3. The minimum Gasteiger partial charge on any atom is -0.497 e. The van der Waals surface area contributed by atoms with Crippen molar-refractivity contribution in [3.8, 4) is 5.75 Å². The zero-order valence-corrected chi connectivity index (χ0v) is 15.4.